The molecule has 0 radical (unpaired) electrons. The van der Waals surface area contributed by atoms with Crippen molar-refractivity contribution >= 4 is 0 Å². The number of nitrogens with zero attached hydrogens (tertiary/aromatic N) is 5. The van der Waals surface area contributed by atoms with E-state index in [1.807, 2.05) is 72.8 Å². The minimum Gasteiger partial charge on any atom is -0.228 e. The van der Waals surface area contributed by atoms with Crippen LogP contribution in [-0.2, 0) is 0 Å². The largest absolute Gasteiger partial charge is 0.228 e. The normalized spacial score (nSPS) is 19.9. The Labute approximate surface area is 332 Å². The Balaban J connectivity index is 0.987. The van der Waals surface area contributed by atoms with Crippen molar-refractivity contribution in [2.24, 2.45) is 23.7 Å². The lowest BCUT2D eigenvalue weighted by molar-refractivity contribution is -0.214. The second kappa shape index (κ2) is 13.6. The molecule has 2 unspecified atom stereocenters. The average Bonchev–Trinajstić information content (AvgIpc) is 3.29. The molecule has 57 heavy (non-hydrogen) atoms. The topological polar surface area (TPSA) is 75.3 Å². The Morgan fingerprint density at radius 1 is 0.404 bits per heavy atom. The van der Waals surface area contributed by atoms with Crippen LogP contribution in [-0.4, -0.2) is 19.9 Å². The summed E-state index contributed by atoms with van der Waals surface area (Å²) in [6.07, 6.45) is 2.82. The first-order valence-electron chi connectivity index (χ1n) is 19.9. The fourth-order valence-corrected chi connectivity index (χ4v) is 9.75. The summed E-state index contributed by atoms with van der Waals surface area (Å²) >= 11 is 0. The van der Waals surface area contributed by atoms with Gasteiger partial charge in [0.25, 0.3) is 0 Å². The van der Waals surface area contributed by atoms with E-state index in [0.29, 0.717) is 23.1 Å². The molecule has 0 aliphatic heterocycles. The van der Waals surface area contributed by atoms with Crippen LogP contribution in [0.3, 0.4) is 0 Å². The SMILES string of the molecule is N#Cc1cccc(-c2ccc(-c3cc(-c4cccc(-c5cc(-c6cccc(C7C8CC9CC7C98)c6)nc(-c6ccccc6)n5)c4)nc(-c4ccccc4)n3)cc2)c1. The van der Waals surface area contributed by atoms with Crippen molar-refractivity contribution in [3.8, 4) is 85.0 Å². The highest BCUT2D eigenvalue weighted by Gasteiger charge is 2.67. The predicted molar refractivity (Wildman–Crippen MR) is 226 cm³/mol. The Kier molecular flexibility index (Phi) is 7.96. The van der Waals surface area contributed by atoms with E-state index in [1.165, 1.54) is 18.4 Å². The van der Waals surface area contributed by atoms with Crippen LogP contribution in [0.4, 0.5) is 0 Å². The van der Waals surface area contributed by atoms with Crippen LogP contribution < -0.4 is 0 Å². The molecule has 3 aliphatic rings. The first kappa shape index (κ1) is 33.3. The molecule has 0 amide bonds. The van der Waals surface area contributed by atoms with Crippen LogP contribution in [0, 0.1) is 35.0 Å². The summed E-state index contributed by atoms with van der Waals surface area (Å²) in [5.74, 6) is 5.84. The van der Waals surface area contributed by atoms with E-state index >= 15 is 0 Å². The van der Waals surface area contributed by atoms with Gasteiger partial charge in [-0.05, 0) is 95.5 Å². The van der Waals surface area contributed by atoms with Gasteiger partial charge in [-0.3, -0.25) is 0 Å². The number of rotatable bonds is 8. The molecule has 6 aromatic carbocycles. The first-order valence-corrected chi connectivity index (χ1v) is 19.9. The molecule has 0 saturated heterocycles. The fourth-order valence-electron chi connectivity index (χ4n) is 9.75. The third-order valence-electron chi connectivity index (χ3n) is 12.6. The average molecular weight is 732 g/mol. The van der Waals surface area contributed by atoms with E-state index in [2.05, 4.69) is 103 Å². The summed E-state index contributed by atoms with van der Waals surface area (Å²) in [6.45, 7) is 0. The highest BCUT2D eigenvalue weighted by Crippen LogP contribution is 2.75. The van der Waals surface area contributed by atoms with Crippen LogP contribution in [0.25, 0.3) is 78.9 Å². The summed E-state index contributed by atoms with van der Waals surface area (Å²) in [5, 5.41) is 9.43. The standard InChI is InChI=1S/C52H37N5/c53-31-32-10-7-15-37(24-32)33-20-22-34(23-21-33)45-29-46(55-51(54-45)35-11-3-1-4-12-35)38-16-8-17-39(25-38)47-30-48(57-52(56-47)36-13-5-2-6-14-36)40-18-9-19-41(26-40)49-43-27-42-28-44(49)50(42)43/h1-26,29-30,42-44,49-50H,27-28H2. The Hall–Kier alpha value is -7.03. The Morgan fingerprint density at radius 2 is 0.877 bits per heavy atom. The van der Waals surface area contributed by atoms with Gasteiger partial charge in [0.05, 0.1) is 34.4 Å². The van der Waals surface area contributed by atoms with Crippen LogP contribution in [0.1, 0.15) is 29.9 Å². The predicted octanol–water partition coefficient (Wildman–Crippen LogP) is 12.2. The van der Waals surface area contributed by atoms with Crippen LogP contribution >= 0.6 is 0 Å². The molecule has 3 saturated carbocycles. The van der Waals surface area contributed by atoms with Gasteiger partial charge in [0.15, 0.2) is 11.6 Å². The quantitative estimate of drug-likeness (QED) is 0.155. The van der Waals surface area contributed by atoms with Gasteiger partial charge in [0.2, 0.25) is 0 Å². The number of hydrogen-bond acceptors (Lipinski definition) is 5. The van der Waals surface area contributed by atoms with Crippen molar-refractivity contribution in [1.29, 1.82) is 5.26 Å². The Bertz CT molecular complexity index is 2830. The van der Waals surface area contributed by atoms with Gasteiger partial charge in [0.1, 0.15) is 0 Å². The van der Waals surface area contributed by atoms with Gasteiger partial charge in [-0.1, -0.05) is 133 Å². The van der Waals surface area contributed by atoms with Crippen LogP contribution in [0.5, 0.6) is 0 Å². The van der Waals surface area contributed by atoms with Crippen LogP contribution in [0.2, 0.25) is 0 Å². The maximum atomic E-state index is 9.43. The summed E-state index contributed by atoms with van der Waals surface area (Å²) in [4.78, 5) is 20.6. The zero-order valence-corrected chi connectivity index (χ0v) is 31.2. The maximum Gasteiger partial charge on any atom is 0.160 e. The number of benzene rings is 6. The second-order valence-electron chi connectivity index (χ2n) is 15.8. The van der Waals surface area contributed by atoms with Crippen molar-refractivity contribution in [1.82, 2.24) is 19.9 Å². The monoisotopic (exact) mass is 731 g/mol. The molecular formula is C52H37N5. The molecule has 0 N–H and O–H groups in total. The van der Waals surface area contributed by atoms with Crippen LogP contribution in [0.15, 0.2) is 170 Å². The van der Waals surface area contributed by atoms with Gasteiger partial charge in [-0.2, -0.15) is 5.26 Å². The molecule has 5 heteroatoms. The minimum atomic E-state index is 0.641. The zero-order valence-electron chi connectivity index (χ0n) is 31.2. The van der Waals surface area contributed by atoms with E-state index in [-0.39, 0.29) is 0 Å². The smallest absolute Gasteiger partial charge is 0.160 e. The molecule has 2 heterocycles. The molecule has 270 valence electrons. The molecule has 0 bridgehead atoms. The van der Waals surface area contributed by atoms with E-state index in [1.54, 1.807) is 0 Å². The molecule has 0 spiro atoms. The second-order valence-corrected chi connectivity index (χ2v) is 15.8. The van der Waals surface area contributed by atoms with Gasteiger partial charge in [0, 0.05) is 33.4 Å². The molecular weight excluding hydrogens is 695 g/mol. The van der Waals surface area contributed by atoms with Gasteiger partial charge < -0.3 is 0 Å². The molecule has 11 rings (SSSR count). The van der Waals surface area contributed by atoms with Gasteiger partial charge >= 0.3 is 0 Å². The number of nitriles is 1. The van der Waals surface area contributed by atoms with Crippen molar-refractivity contribution < 1.29 is 0 Å². The lowest BCUT2D eigenvalue weighted by Crippen LogP contribution is -2.65. The van der Waals surface area contributed by atoms with Gasteiger partial charge in [-0.15, -0.1) is 0 Å². The maximum absolute atomic E-state index is 9.43. The lowest BCUT2D eigenvalue weighted by Gasteiger charge is -2.73. The van der Waals surface area contributed by atoms with E-state index < -0.39 is 0 Å². The zero-order chi connectivity index (χ0) is 37.9. The minimum absolute atomic E-state index is 0.641. The summed E-state index contributed by atoms with van der Waals surface area (Å²) in [6, 6.07) is 60.5. The van der Waals surface area contributed by atoms with E-state index in [9.17, 15) is 5.26 Å². The van der Waals surface area contributed by atoms with Crippen molar-refractivity contribution in [2.75, 3.05) is 0 Å². The summed E-state index contributed by atoms with van der Waals surface area (Å²) in [7, 11) is 0. The number of hydrogen-bond donors (Lipinski definition) is 0. The van der Waals surface area contributed by atoms with Crippen molar-refractivity contribution in [3.63, 3.8) is 0 Å². The van der Waals surface area contributed by atoms with Gasteiger partial charge in [-0.25, -0.2) is 19.9 Å². The number of aromatic nitrogens is 4. The molecule has 3 aliphatic carbocycles. The molecule has 3 fully saturated rings. The third-order valence-corrected chi connectivity index (χ3v) is 12.6. The highest BCUT2D eigenvalue weighted by atomic mass is 14.9. The fraction of sp³-hybridized carbons (Fsp3) is 0.135. The molecule has 5 nitrogen and oxygen atoms in total. The first-order chi connectivity index (χ1) is 28.1. The molecule has 8 aromatic rings. The molecule has 2 atom stereocenters. The Morgan fingerprint density at radius 3 is 1.42 bits per heavy atom. The van der Waals surface area contributed by atoms with E-state index in [0.717, 1.165) is 91.0 Å². The summed E-state index contributed by atoms with van der Waals surface area (Å²) < 4.78 is 0. The van der Waals surface area contributed by atoms with Crippen molar-refractivity contribution in [3.05, 3.63) is 181 Å². The molecule has 2 aromatic heterocycles. The highest BCUT2D eigenvalue weighted by molar-refractivity contribution is 5.78. The third kappa shape index (κ3) is 5.93. The van der Waals surface area contributed by atoms with E-state index in [4.69, 9.17) is 19.9 Å². The van der Waals surface area contributed by atoms with Crippen molar-refractivity contribution in [2.45, 2.75) is 18.8 Å². The summed E-state index contributed by atoms with van der Waals surface area (Å²) in [5.41, 5.74) is 13.6. The lowest BCUT2D eigenvalue weighted by atomic mass is 9.31.